The van der Waals surface area contributed by atoms with Gasteiger partial charge in [0.15, 0.2) is 0 Å². The van der Waals surface area contributed by atoms with Crippen molar-refractivity contribution in [2.45, 2.75) is 25.2 Å². The third-order valence-electron chi connectivity index (χ3n) is 4.18. The Bertz CT molecular complexity index is 462. The molecule has 2 aromatic rings. The van der Waals surface area contributed by atoms with Crippen LogP contribution >= 0.6 is 0 Å². The highest BCUT2D eigenvalue weighted by molar-refractivity contribution is 5.32. The van der Waals surface area contributed by atoms with Gasteiger partial charge in [-0.25, -0.2) is 0 Å². The molecule has 104 valence electrons. The molecule has 1 saturated carbocycles. The average molecular weight is 265 g/mol. The van der Waals surface area contributed by atoms with Crippen LogP contribution in [0.15, 0.2) is 60.7 Å². The summed E-state index contributed by atoms with van der Waals surface area (Å²) in [4.78, 5) is 0. The van der Waals surface area contributed by atoms with Gasteiger partial charge in [0.05, 0.1) is 0 Å². The zero-order valence-electron chi connectivity index (χ0n) is 12.0. The lowest BCUT2D eigenvalue weighted by Crippen LogP contribution is -2.23. The van der Waals surface area contributed by atoms with Gasteiger partial charge in [-0.05, 0) is 30.0 Å². The second-order valence-corrected chi connectivity index (χ2v) is 5.81. The zero-order valence-corrected chi connectivity index (χ0v) is 12.0. The van der Waals surface area contributed by atoms with Gasteiger partial charge in [0.25, 0.3) is 0 Å². The molecule has 0 spiro atoms. The van der Waals surface area contributed by atoms with Crippen molar-refractivity contribution in [1.82, 2.24) is 5.32 Å². The van der Waals surface area contributed by atoms with Gasteiger partial charge in [0.1, 0.15) is 0 Å². The van der Waals surface area contributed by atoms with Crippen LogP contribution in [0.1, 0.15) is 36.3 Å². The van der Waals surface area contributed by atoms with E-state index in [4.69, 9.17) is 0 Å². The van der Waals surface area contributed by atoms with Gasteiger partial charge < -0.3 is 5.32 Å². The molecule has 1 fully saturated rings. The molecule has 20 heavy (non-hydrogen) atoms. The molecular formula is C19H23N. The van der Waals surface area contributed by atoms with E-state index in [1.54, 1.807) is 0 Å². The fraction of sp³-hybridized carbons (Fsp3) is 0.368. The van der Waals surface area contributed by atoms with E-state index >= 15 is 0 Å². The quantitative estimate of drug-likeness (QED) is 0.740. The van der Waals surface area contributed by atoms with Crippen molar-refractivity contribution in [3.8, 4) is 0 Å². The number of hydrogen-bond donors (Lipinski definition) is 1. The second-order valence-electron chi connectivity index (χ2n) is 5.81. The predicted octanol–water partition coefficient (Wildman–Crippen LogP) is 4.21. The van der Waals surface area contributed by atoms with Crippen LogP contribution in [-0.2, 0) is 0 Å². The molecule has 0 amide bonds. The van der Waals surface area contributed by atoms with E-state index in [0.29, 0.717) is 5.92 Å². The third-order valence-corrected chi connectivity index (χ3v) is 4.18. The van der Waals surface area contributed by atoms with Crippen LogP contribution in [0.3, 0.4) is 0 Å². The number of hydrogen-bond acceptors (Lipinski definition) is 1. The Morgan fingerprint density at radius 1 is 0.850 bits per heavy atom. The molecule has 0 atom stereocenters. The maximum Gasteiger partial charge on any atom is 0.0214 e. The molecule has 1 aliphatic rings. The molecule has 0 unspecified atom stereocenters. The fourth-order valence-electron chi connectivity index (χ4n) is 2.76. The lowest BCUT2D eigenvalue weighted by atomic mass is 9.91. The molecule has 1 heteroatoms. The van der Waals surface area contributed by atoms with Crippen molar-refractivity contribution in [1.29, 1.82) is 0 Å². The standard InChI is InChI=1S/C19H23N/c1-3-7-17(8-4-1)19(18-9-5-2-6-10-18)15-20-14-13-16-11-12-16/h1-10,16,19-20H,11-15H2. The molecule has 0 aliphatic heterocycles. The Labute approximate surface area is 122 Å². The first kappa shape index (κ1) is 13.4. The van der Waals surface area contributed by atoms with Crippen molar-refractivity contribution in [3.05, 3.63) is 71.8 Å². The number of rotatable bonds is 7. The van der Waals surface area contributed by atoms with Crippen molar-refractivity contribution < 1.29 is 0 Å². The van der Waals surface area contributed by atoms with Gasteiger partial charge in [-0.3, -0.25) is 0 Å². The van der Waals surface area contributed by atoms with E-state index in [9.17, 15) is 0 Å². The summed E-state index contributed by atoms with van der Waals surface area (Å²) in [7, 11) is 0. The fourth-order valence-corrected chi connectivity index (χ4v) is 2.76. The summed E-state index contributed by atoms with van der Waals surface area (Å²) in [5, 5.41) is 3.65. The van der Waals surface area contributed by atoms with Crippen molar-refractivity contribution in [2.24, 2.45) is 5.92 Å². The summed E-state index contributed by atoms with van der Waals surface area (Å²) in [6, 6.07) is 21.7. The number of benzene rings is 2. The molecule has 1 aliphatic carbocycles. The van der Waals surface area contributed by atoms with Crippen LogP contribution in [0.25, 0.3) is 0 Å². The highest BCUT2D eigenvalue weighted by Gasteiger charge is 2.20. The van der Waals surface area contributed by atoms with Crippen molar-refractivity contribution in [3.63, 3.8) is 0 Å². The summed E-state index contributed by atoms with van der Waals surface area (Å²) in [5.74, 6) is 1.46. The average Bonchev–Trinajstić information content (AvgIpc) is 3.33. The molecule has 0 heterocycles. The topological polar surface area (TPSA) is 12.0 Å². The molecule has 1 nitrogen and oxygen atoms in total. The van der Waals surface area contributed by atoms with E-state index in [0.717, 1.165) is 19.0 Å². The van der Waals surface area contributed by atoms with Gasteiger partial charge in [-0.1, -0.05) is 73.5 Å². The summed E-state index contributed by atoms with van der Waals surface area (Å²) in [5.41, 5.74) is 2.80. The number of nitrogens with one attached hydrogen (secondary N) is 1. The molecule has 0 saturated heterocycles. The Morgan fingerprint density at radius 2 is 1.40 bits per heavy atom. The Morgan fingerprint density at radius 3 is 1.90 bits per heavy atom. The Hall–Kier alpha value is -1.60. The maximum atomic E-state index is 3.65. The first-order chi connectivity index (χ1) is 9.93. The van der Waals surface area contributed by atoms with Crippen molar-refractivity contribution in [2.75, 3.05) is 13.1 Å². The summed E-state index contributed by atoms with van der Waals surface area (Å²) in [6.07, 6.45) is 4.24. The third kappa shape index (κ3) is 3.71. The molecule has 3 rings (SSSR count). The summed E-state index contributed by atoms with van der Waals surface area (Å²) >= 11 is 0. The molecular weight excluding hydrogens is 242 g/mol. The van der Waals surface area contributed by atoms with Crippen LogP contribution in [0.5, 0.6) is 0 Å². The van der Waals surface area contributed by atoms with Gasteiger partial charge >= 0.3 is 0 Å². The van der Waals surface area contributed by atoms with E-state index in [1.165, 1.54) is 30.4 Å². The molecule has 2 aromatic carbocycles. The van der Waals surface area contributed by atoms with Gasteiger partial charge in [0.2, 0.25) is 0 Å². The minimum absolute atomic E-state index is 0.455. The van der Waals surface area contributed by atoms with E-state index in [2.05, 4.69) is 66.0 Å². The molecule has 1 N–H and O–H groups in total. The molecule has 0 radical (unpaired) electrons. The first-order valence-electron chi connectivity index (χ1n) is 7.74. The van der Waals surface area contributed by atoms with Crippen LogP contribution in [-0.4, -0.2) is 13.1 Å². The van der Waals surface area contributed by atoms with Gasteiger partial charge in [-0.2, -0.15) is 0 Å². The van der Waals surface area contributed by atoms with Gasteiger partial charge in [0, 0.05) is 12.5 Å². The maximum absolute atomic E-state index is 3.65. The molecule has 0 aromatic heterocycles. The largest absolute Gasteiger partial charge is 0.316 e. The Balaban J connectivity index is 1.66. The lowest BCUT2D eigenvalue weighted by Gasteiger charge is -2.19. The van der Waals surface area contributed by atoms with Crippen LogP contribution in [0.2, 0.25) is 0 Å². The SMILES string of the molecule is c1ccc(C(CNCCC2CC2)c2ccccc2)cc1. The summed E-state index contributed by atoms with van der Waals surface area (Å²) < 4.78 is 0. The normalized spacial score (nSPS) is 14.7. The van der Waals surface area contributed by atoms with E-state index in [1.807, 2.05) is 0 Å². The van der Waals surface area contributed by atoms with E-state index < -0.39 is 0 Å². The van der Waals surface area contributed by atoms with Crippen LogP contribution < -0.4 is 5.32 Å². The highest BCUT2D eigenvalue weighted by Crippen LogP contribution is 2.31. The minimum atomic E-state index is 0.455. The zero-order chi connectivity index (χ0) is 13.6. The monoisotopic (exact) mass is 265 g/mol. The Kier molecular flexibility index (Phi) is 4.49. The second kappa shape index (κ2) is 6.71. The summed E-state index contributed by atoms with van der Waals surface area (Å²) in [6.45, 7) is 2.18. The van der Waals surface area contributed by atoms with E-state index in [-0.39, 0.29) is 0 Å². The first-order valence-corrected chi connectivity index (χ1v) is 7.74. The molecule has 0 bridgehead atoms. The predicted molar refractivity (Wildman–Crippen MR) is 84.9 cm³/mol. The lowest BCUT2D eigenvalue weighted by molar-refractivity contribution is 0.587. The highest BCUT2D eigenvalue weighted by atomic mass is 14.9. The smallest absolute Gasteiger partial charge is 0.0214 e. The van der Waals surface area contributed by atoms with Gasteiger partial charge in [-0.15, -0.1) is 0 Å². The van der Waals surface area contributed by atoms with Crippen LogP contribution in [0, 0.1) is 5.92 Å². The van der Waals surface area contributed by atoms with Crippen molar-refractivity contribution >= 4 is 0 Å². The minimum Gasteiger partial charge on any atom is -0.316 e. The van der Waals surface area contributed by atoms with Crippen LogP contribution in [0.4, 0.5) is 0 Å².